The molecule has 1 aromatic rings. The standard InChI is InChI=1S/C12H18ClN3O2/c1-7-4-16(5-9(7)12(17)18)6-10-8(2)14-15(3)11(10)13/h7,9H,4-6H2,1-3H3,(H,17,18). The lowest BCUT2D eigenvalue weighted by Gasteiger charge is -2.14. The summed E-state index contributed by atoms with van der Waals surface area (Å²) in [6.45, 7) is 5.96. The first-order valence-electron chi connectivity index (χ1n) is 6.03. The van der Waals surface area contributed by atoms with E-state index < -0.39 is 5.97 Å². The fourth-order valence-corrected chi connectivity index (χ4v) is 2.83. The van der Waals surface area contributed by atoms with E-state index in [0.29, 0.717) is 18.2 Å². The van der Waals surface area contributed by atoms with Crippen LogP contribution in [0.1, 0.15) is 18.2 Å². The summed E-state index contributed by atoms with van der Waals surface area (Å²) < 4.78 is 1.65. The predicted molar refractivity (Wildman–Crippen MR) is 68.5 cm³/mol. The molecule has 100 valence electrons. The lowest BCUT2D eigenvalue weighted by atomic mass is 9.99. The van der Waals surface area contributed by atoms with Crippen LogP contribution >= 0.6 is 11.6 Å². The molecule has 1 aliphatic rings. The topological polar surface area (TPSA) is 58.4 Å². The summed E-state index contributed by atoms with van der Waals surface area (Å²) in [7, 11) is 1.81. The first kappa shape index (κ1) is 13.4. The molecule has 0 spiro atoms. The number of hydrogen-bond acceptors (Lipinski definition) is 3. The highest BCUT2D eigenvalue weighted by Crippen LogP contribution is 2.27. The Morgan fingerprint density at radius 1 is 1.56 bits per heavy atom. The highest BCUT2D eigenvalue weighted by atomic mass is 35.5. The van der Waals surface area contributed by atoms with Crippen LogP contribution in [-0.2, 0) is 18.4 Å². The summed E-state index contributed by atoms with van der Waals surface area (Å²) in [5.41, 5.74) is 1.91. The number of aromatic nitrogens is 2. The van der Waals surface area contributed by atoms with Gasteiger partial charge in [0.1, 0.15) is 5.15 Å². The van der Waals surface area contributed by atoms with Crippen molar-refractivity contribution in [2.45, 2.75) is 20.4 Å². The van der Waals surface area contributed by atoms with E-state index in [1.165, 1.54) is 0 Å². The van der Waals surface area contributed by atoms with Crippen molar-refractivity contribution in [1.29, 1.82) is 0 Å². The van der Waals surface area contributed by atoms with Crippen molar-refractivity contribution in [1.82, 2.24) is 14.7 Å². The van der Waals surface area contributed by atoms with E-state index in [9.17, 15) is 4.79 Å². The van der Waals surface area contributed by atoms with Gasteiger partial charge in [0.25, 0.3) is 0 Å². The van der Waals surface area contributed by atoms with E-state index in [4.69, 9.17) is 16.7 Å². The van der Waals surface area contributed by atoms with Gasteiger partial charge >= 0.3 is 5.97 Å². The number of nitrogens with zero attached hydrogens (tertiary/aromatic N) is 3. The van der Waals surface area contributed by atoms with Gasteiger partial charge in [0, 0.05) is 32.2 Å². The molecule has 2 unspecified atom stereocenters. The quantitative estimate of drug-likeness (QED) is 0.906. The molecule has 1 fully saturated rings. The van der Waals surface area contributed by atoms with E-state index in [1.807, 2.05) is 20.9 Å². The van der Waals surface area contributed by atoms with Crippen LogP contribution in [0.25, 0.3) is 0 Å². The van der Waals surface area contributed by atoms with Crippen LogP contribution in [0.2, 0.25) is 5.15 Å². The van der Waals surface area contributed by atoms with E-state index in [-0.39, 0.29) is 11.8 Å². The zero-order chi connectivity index (χ0) is 13.4. The molecule has 2 heterocycles. The second-order valence-corrected chi connectivity index (χ2v) is 5.45. The van der Waals surface area contributed by atoms with Crippen LogP contribution < -0.4 is 0 Å². The summed E-state index contributed by atoms with van der Waals surface area (Å²) >= 11 is 6.19. The number of halogens is 1. The molecule has 0 bridgehead atoms. The number of rotatable bonds is 3. The van der Waals surface area contributed by atoms with Gasteiger partial charge in [-0.05, 0) is 12.8 Å². The van der Waals surface area contributed by atoms with Crippen LogP contribution in [0.15, 0.2) is 0 Å². The first-order valence-corrected chi connectivity index (χ1v) is 6.41. The van der Waals surface area contributed by atoms with Gasteiger partial charge in [-0.25, -0.2) is 0 Å². The maximum absolute atomic E-state index is 11.1. The average molecular weight is 272 g/mol. The predicted octanol–water partition coefficient (Wildman–Crippen LogP) is 1.53. The van der Waals surface area contributed by atoms with Crippen LogP contribution in [-0.4, -0.2) is 38.8 Å². The van der Waals surface area contributed by atoms with Crippen molar-refractivity contribution in [3.05, 3.63) is 16.4 Å². The third-order valence-electron chi connectivity index (χ3n) is 3.66. The van der Waals surface area contributed by atoms with Crippen LogP contribution in [0.4, 0.5) is 0 Å². The number of carboxylic acid groups (broad SMARTS) is 1. The second kappa shape index (κ2) is 4.90. The maximum atomic E-state index is 11.1. The highest BCUT2D eigenvalue weighted by molar-refractivity contribution is 6.30. The van der Waals surface area contributed by atoms with E-state index in [2.05, 4.69) is 10.00 Å². The Kier molecular flexibility index (Phi) is 3.64. The zero-order valence-electron chi connectivity index (χ0n) is 10.9. The lowest BCUT2D eigenvalue weighted by Crippen LogP contribution is -2.23. The number of carbonyl (C=O) groups is 1. The van der Waals surface area contributed by atoms with Crippen molar-refractivity contribution >= 4 is 17.6 Å². The Balaban J connectivity index is 2.10. The summed E-state index contributed by atoms with van der Waals surface area (Å²) in [5, 5.41) is 14.0. The fourth-order valence-electron chi connectivity index (χ4n) is 2.59. The molecule has 0 radical (unpaired) electrons. The minimum Gasteiger partial charge on any atom is -0.481 e. The lowest BCUT2D eigenvalue weighted by molar-refractivity contribution is -0.142. The average Bonchev–Trinajstić information content (AvgIpc) is 2.75. The monoisotopic (exact) mass is 271 g/mol. The summed E-state index contributed by atoms with van der Waals surface area (Å²) in [5.74, 6) is -0.807. The molecule has 0 aliphatic carbocycles. The Morgan fingerprint density at radius 3 is 2.67 bits per heavy atom. The molecule has 0 aromatic carbocycles. The van der Waals surface area contributed by atoms with Gasteiger partial charge in [0.05, 0.1) is 11.6 Å². The maximum Gasteiger partial charge on any atom is 0.308 e. The number of aryl methyl sites for hydroxylation is 2. The Bertz CT molecular complexity index is 472. The van der Waals surface area contributed by atoms with Gasteiger partial charge in [0.15, 0.2) is 0 Å². The van der Waals surface area contributed by atoms with E-state index in [0.717, 1.165) is 17.8 Å². The molecule has 2 atom stereocenters. The zero-order valence-corrected chi connectivity index (χ0v) is 11.6. The molecular formula is C12H18ClN3O2. The van der Waals surface area contributed by atoms with Gasteiger partial charge in [-0.1, -0.05) is 18.5 Å². The summed E-state index contributed by atoms with van der Waals surface area (Å²) in [6, 6.07) is 0. The van der Waals surface area contributed by atoms with E-state index in [1.54, 1.807) is 4.68 Å². The molecule has 1 aliphatic heterocycles. The largest absolute Gasteiger partial charge is 0.481 e. The molecule has 0 saturated carbocycles. The Labute approximate surface area is 111 Å². The van der Waals surface area contributed by atoms with Crippen molar-refractivity contribution in [2.75, 3.05) is 13.1 Å². The van der Waals surface area contributed by atoms with Crippen LogP contribution in [0.3, 0.4) is 0 Å². The summed E-state index contributed by atoms with van der Waals surface area (Å²) in [6.07, 6.45) is 0. The second-order valence-electron chi connectivity index (χ2n) is 5.09. The van der Waals surface area contributed by atoms with Crippen molar-refractivity contribution < 1.29 is 9.90 Å². The Morgan fingerprint density at radius 2 is 2.22 bits per heavy atom. The van der Waals surface area contributed by atoms with Crippen LogP contribution in [0, 0.1) is 18.8 Å². The molecule has 1 saturated heterocycles. The molecule has 1 N–H and O–H groups in total. The van der Waals surface area contributed by atoms with Gasteiger partial charge in [-0.2, -0.15) is 5.10 Å². The SMILES string of the molecule is Cc1nn(C)c(Cl)c1CN1CC(C)C(C(=O)O)C1. The first-order chi connectivity index (χ1) is 8.40. The van der Waals surface area contributed by atoms with Crippen molar-refractivity contribution in [2.24, 2.45) is 18.9 Å². The molecule has 5 nitrogen and oxygen atoms in total. The third kappa shape index (κ3) is 2.37. The number of carboxylic acids is 1. The molecule has 18 heavy (non-hydrogen) atoms. The molecule has 6 heteroatoms. The number of likely N-dealkylation sites (tertiary alicyclic amines) is 1. The normalized spacial score (nSPS) is 24.7. The van der Waals surface area contributed by atoms with Gasteiger partial charge in [0.2, 0.25) is 0 Å². The van der Waals surface area contributed by atoms with Gasteiger partial charge < -0.3 is 5.11 Å². The molecule has 1 aromatic heterocycles. The highest BCUT2D eigenvalue weighted by Gasteiger charge is 2.35. The van der Waals surface area contributed by atoms with Gasteiger partial charge in [-0.3, -0.25) is 14.4 Å². The van der Waals surface area contributed by atoms with Gasteiger partial charge in [-0.15, -0.1) is 0 Å². The smallest absolute Gasteiger partial charge is 0.308 e. The molecule has 0 amide bonds. The van der Waals surface area contributed by atoms with Crippen LogP contribution in [0.5, 0.6) is 0 Å². The number of hydrogen-bond donors (Lipinski definition) is 1. The summed E-state index contributed by atoms with van der Waals surface area (Å²) in [4.78, 5) is 13.2. The van der Waals surface area contributed by atoms with Crippen molar-refractivity contribution in [3.63, 3.8) is 0 Å². The Hall–Kier alpha value is -1.07. The third-order valence-corrected chi connectivity index (χ3v) is 4.13. The minimum atomic E-state index is -0.709. The minimum absolute atomic E-state index is 0.179. The fraction of sp³-hybridized carbons (Fsp3) is 0.667. The molecular weight excluding hydrogens is 254 g/mol. The molecule has 2 rings (SSSR count). The van der Waals surface area contributed by atoms with E-state index >= 15 is 0 Å². The van der Waals surface area contributed by atoms with Crippen molar-refractivity contribution in [3.8, 4) is 0 Å². The number of aliphatic carboxylic acids is 1.